The maximum atomic E-state index is 13.8. The van der Waals surface area contributed by atoms with E-state index >= 15 is 0 Å². The van der Waals surface area contributed by atoms with Gasteiger partial charge in [0.05, 0.1) is 30.0 Å². The molecule has 1 unspecified atom stereocenters. The Morgan fingerprint density at radius 2 is 2.00 bits per heavy atom. The summed E-state index contributed by atoms with van der Waals surface area (Å²) in [6.07, 6.45) is 3.78. The first-order chi connectivity index (χ1) is 17.2. The largest absolute Gasteiger partial charge is 0.493 e. The Balaban J connectivity index is 1.55. The van der Waals surface area contributed by atoms with Gasteiger partial charge >= 0.3 is 0 Å². The van der Waals surface area contributed by atoms with Crippen molar-refractivity contribution >= 4 is 34.4 Å². The molecule has 0 amide bonds. The number of hydrogen-bond acceptors (Lipinski definition) is 6. The Bertz CT molecular complexity index is 1630. The number of ether oxygens (including phenoxy) is 2. The second-order valence-corrected chi connectivity index (χ2v) is 10.5. The van der Waals surface area contributed by atoms with Gasteiger partial charge in [0, 0.05) is 10.4 Å². The van der Waals surface area contributed by atoms with Gasteiger partial charge in [-0.05, 0) is 66.1 Å². The smallest absolute Gasteiger partial charge is 0.271 e. The van der Waals surface area contributed by atoms with Crippen LogP contribution in [0.5, 0.6) is 11.5 Å². The topological polar surface area (TPSA) is 52.8 Å². The van der Waals surface area contributed by atoms with Crippen LogP contribution in [0.3, 0.4) is 0 Å². The van der Waals surface area contributed by atoms with Crippen LogP contribution in [-0.4, -0.2) is 18.3 Å². The van der Waals surface area contributed by atoms with Crippen molar-refractivity contribution in [2.45, 2.75) is 25.8 Å². The van der Waals surface area contributed by atoms with Crippen molar-refractivity contribution < 1.29 is 9.47 Å². The van der Waals surface area contributed by atoms with Crippen molar-refractivity contribution in [1.82, 2.24) is 4.57 Å². The van der Waals surface area contributed by atoms with Crippen LogP contribution in [0.15, 0.2) is 75.3 Å². The third-order valence-electron chi connectivity index (χ3n) is 6.47. The molecule has 0 fully saturated rings. The maximum absolute atomic E-state index is 13.8. The fourth-order valence-electron chi connectivity index (χ4n) is 4.92. The highest BCUT2D eigenvalue weighted by atomic mass is 32.1. The molecule has 0 saturated heterocycles. The van der Waals surface area contributed by atoms with E-state index < -0.39 is 0 Å². The van der Waals surface area contributed by atoms with Gasteiger partial charge in [-0.1, -0.05) is 47.7 Å². The summed E-state index contributed by atoms with van der Waals surface area (Å²) in [5, 5.41) is 2.08. The number of fused-ring (bicyclic) bond motifs is 3. The SMILES string of the molecule is CCOc1ccc(/C=c2\sc3n(c2=O)C(c2cccs2)C2=C(N=3)c3ccccc3CC2)cc1OC. The predicted octanol–water partition coefficient (Wildman–Crippen LogP) is 4.79. The van der Waals surface area contributed by atoms with E-state index in [1.54, 1.807) is 18.4 Å². The molecule has 4 aromatic rings. The van der Waals surface area contributed by atoms with Gasteiger partial charge in [0.25, 0.3) is 5.56 Å². The summed E-state index contributed by atoms with van der Waals surface area (Å²) in [7, 11) is 1.62. The number of aromatic nitrogens is 1. The fraction of sp³-hybridized carbons (Fsp3) is 0.214. The minimum Gasteiger partial charge on any atom is -0.493 e. The van der Waals surface area contributed by atoms with Crippen LogP contribution in [0.2, 0.25) is 0 Å². The first-order valence-electron chi connectivity index (χ1n) is 11.6. The van der Waals surface area contributed by atoms with Gasteiger partial charge in [0.1, 0.15) is 0 Å². The van der Waals surface area contributed by atoms with E-state index in [1.807, 2.05) is 35.8 Å². The van der Waals surface area contributed by atoms with E-state index in [9.17, 15) is 4.79 Å². The highest BCUT2D eigenvalue weighted by molar-refractivity contribution is 7.10. The molecule has 3 heterocycles. The lowest BCUT2D eigenvalue weighted by Gasteiger charge is -2.30. The van der Waals surface area contributed by atoms with Crippen LogP contribution in [0.4, 0.5) is 0 Å². The number of thiazole rings is 1. The van der Waals surface area contributed by atoms with Crippen molar-refractivity contribution in [2.75, 3.05) is 13.7 Å². The summed E-state index contributed by atoms with van der Waals surface area (Å²) in [4.78, 5) is 20.8. The second-order valence-electron chi connectivity index (χ2n) is 8.47. The second kappa shape index (κ2) is 8.98. The first kappa shape index (κ1) is 22.1. The number of nitrogens with zero attached hydrogens (tertiary/aromatic N) is 2. The van der Waals surface area contributed by atoms with E-state index in [1.165, 1.54) is 32.9 Å². The average molecular weight is 501 g/mol. The maximum Gasteiger partial charge on any atom is 0.271 e. The lowest BCUT2D eigenvalue weighted by molar-refractivity contribution is 0.311. The van der Waals surface area contributed by atoms with Gasteiger partial charge in [0.15, 0.2) is 16.3 Å². The fourth-order valence-corrected chi connectivity index (χ4v) is 6.77. The molecule has 2 aliphatic rings. The molecule has 1 atom stereocenters. The van der Waals surface area contributed by atoms with Crippen molar-refractivity contribution in [3.8, 4) is 11.5 Å². The standard InChI is InChI=1S/C28H24N2O3S2/c1-3-33-21-13-10-17(15-22(21)32-2)16-24-27(31)30-26(23-9-6-14-34-23)20-12-11-18-7-4-5-8-19(18)25(20)29-28(30)35-24/h4-10,13-16,26H,3,11-12H2,1-2H3/b24-16-. The number of aryl methyl sites for hydroxylation is 1. The number of methoxy groups -OCH3 is 1. The molecule has 2 aromatic carbocycles. The lowest BCUT2D eigenvalue weighted by atomic mass is 9.85. The van der Waals surface area contributed by atoms with E-state index in [0.717, 1.165) is 28.9 Å². The lowest BCUT2D eigenvalue weighted by Crippen LogP contribution is -2.38. The summed E-state index contributed by atoms with van der Waals surface area (Å²) in [5.41, 5.74) is 5.64. The summed E-state index contributed by atoms with van der Waals surface area (Å²) < 4.78 is 13.7. The van der Waals surface area contributed by atoms with Crippen LogP contribution in [0.1, 0.15) is 41.0 Å². The molecule has 7 heteroatoms. The van der Waals surface area contributed by atoms with Crippen molar-refractivity contribution in [3.63, 3.8) is 0 Å². The summed E-state index contributed by atoms with van der Waals surface area (Å²) in [5.74, 6) is 1.34. The van der Waals surface area contributed by atoms with Gasteiger partial charge in [-0.25, -0.2) is 4.99 Å². The summed E-state index contributed by atoms with van der Waals surface area (Å²) >= 11 is 3.13. The molecule has 0 saturated carbocycles. The van der Waals surface area contributed by atoms with Crippen molar-refractivity contribution in [1.29, 1.82) is 0 Å². The van der Waals surface area contributed by atoms with Crippen LogP contribution in [-0.2, 0) is 6.42 Å². The van der Waals surface area contributed by atoms with E-state index in [2.05, 4.69) is 41.8 Å². The Morgan fingerprint density at radius 3 is 2.80 bits per heavy atom. The molecule has 2 aromatic heterocycles. The van der Waals surface area contributed by atoms with Gasteiger partial charge < -0.3 is 9.47 Å². The highest BCUT2D eigenvalue weighted by Crippen LogP contribution is 2.42. The normalized spacial score (nSPS) is 16.9. The van der Waals surface area contributed by atoms with Gasteiger partial charge in [0.2, 0.25) is 0 Å². The van der Waals surface area contributed by atoms with Crippen LogP contribution < -0.4 is 24.4 Å². The third-order valence-corrected chi connectivity index (χ3v) is 8.38. The molecule has 0 bridgehead atoms. The summed E-state index contributed by atoms with van der Waals surface area (Å²) in [6, 6.07) is 18.3. The van der Waals surface area contributed by atoms with Crippen LogP contribution in [0.25, 0.3) is 11.8 Å². The van der Waals surface area contributed by atoms with E-state index in [-0.39, 0.29) is 11.6 Å². The van der Waals surface area contributed by atoms with Crippen molar-refractivity contribution in [3.05, 3.63) is 107 Å². The minimum absolute atomic E-state index is 0.00888. The Morgan fingerprint density at radius 1 is 1.11 bits per heavy atom. The molecule has 0 N–H and O–H groups in total. The number of allylic oxidation sites excluding steroid dienone is 1. The molecule has 1 aliphatic heterocycles. The number of thiophene rings is 1. The Labute approximate surface area is 210 Å². The van der Waals surface area contributed by atoms with Gasteiger partial charge in [-0.3, -0.25) is 9.36 Å². The van der Waals surface area contributed by atoms with Crippen LogP contribution in [0, 0.1) is 0 Å². The van der Waals surface area contributed by atoms with E-state index in [0.29, 0.717) is 22.6 Å². The summed E-state index contributed by atoms with van der Waals surface area (Å²) in [6.45, 7) is 2.50. The quantitative estimate of drug-likeness (QED) is 0.396. The first-order valence-corrected chi connectivity index (χ1v) is 13.3. The van der Waals surface area contributed by atoms with Gasteiger partial charge in [-0.2, -0.15) is 0 Å². The Hall–Kier alpha value is -3.42. The predicted molar refractivity (Wildman–Crippen MR) is 141 cm³/mol. The van der Waals surface area contributed by atoms with E-state index in [4.69, 9.17) is 14.5 Å². The monoisotopic (exact) mass is 500 g/mol. The molecule has 6 rings (SSSR count). The Kier molecular flexibility index (Phi) is 5.66. The molecule has 1 aliphatic carbocycles. The molecule has 176 valence electrons. The highest BCUT2D eigenvalue weighted by Gasteiger charge is 2.32. The van der Waals surface area contributed by atoms with Crippen LogP contribution >= 0.6 is 22.7 Å². The molecular formula is C28H24N2O3S2. The average Bonchev–Trinajstić information content (AvgIpc) is 3.52. The zero-order valence-electron chi connectivity index (χ0n) is 19.5. The zero-order valence-corrected chi connectivity index (χ0v) is 21.1. The minimum atomic E-state index is -0.119. The zero-order chi connectivity index (χ0) is 23.9. The van der Waals surface area contributed by atoms with Gasteiger partial charge in [-0.15, -0.1) is 11.3 Å². The number of hydrogen-bond donors (Lipinski definition) is 0. The molecule has 0 radical (unpaired) electrons. The molecule has 0 spiro atoms. The van der Waals surface area contributed by atoms with Crippen molar-refractivity contribution in [2.24, 2.45) is 4.99 Å². The third kappa shape index (κ3) is 3.75. The number of benzene rings is 2. The molecule has 5 nitrogen and oxygen atoms in total. The number of rotatable bonds is 5. The molecule has 35 heavy (non-hydrogen) atoms. The molecular weight excluding hydrogens is 476 g/mol.